The van der Waals surface area contributed by atoms with E-state index in [0.717, 1.165) is 5.56 Å². The van der Waals surface area contributed by atoms with E-state index in [2.05, 4.69) is 10.0 Å². The molecule has 5 heteroatoms. The monoisotopic (exact) mass is 302 g/mol. The minimum absolute atomic E-state index is 0.335. The van der Waals surface area contributed by atoms with Crippen LogP contribution < -0.4 is 10.0 Å². The van der Waals surface area contributed by atoms with E-state index in [0.29, 0.717) is 23.2 Å². The third kappa shape index (κ3) is 3.62. The summed E-state index contributed by atoms with van der Waals surface area (Å²) in [5.41, 5.74) is 1.37. The summed E-state index contributed by atoms with van der Waals surface area (Å²) in [4.78, 5) is 0.335. The predicted molar refractivity (Wildman–Crippen MR) is 83.6 cm³/mol. The summed E-state index contributed by atoms with van der Waals surface area (Å²) in [6.07, 6.45) is 2.36. The molecule has 0 spiro atoms. The Labute approximate surface area is 125 Å². The highest BCUT2D eigenvalue weighted by atomic mass is 32.2. The molecule has 0 saturated heterocycles. The fourth-order valence-corrected chi connectivity index (χ4v) is 3.47. The molecule has 0 aliphatic heterocycles. The predicted octanol–water partition coefficient (Wildman–Crippen LogP) is 2.74. The van der Waals surface area contributed by atoms with Gasteiger partial charge in [0.1, 0.15) is 0 Å². The molecule has 0 bridgehead atoms. The van der Waals surface area contributed by atoms with E-state index in [1.54, 1.807) is 36.4 Å². The van der Waals surface area contributed by atoms with Crippen molar-refractivity contribution in [3.05, 3.63) is 60.2 Å². The van der Waals surface area contributed by atoms with Crippen LogP contribution in [0.4, 0.5) is 5.69 Å². The van der Waals surface area contributed by atoms with Crippen molar-refractivity contribution in [3.63, 3.8) is 0 Å². The zero-order chi connectivity index (χ0) is 14.7. The van der Waals surface area contributed by atoms with Gasteiger partial charge in [-0.25, -0.2) is 8.42 Å². The van der Waals surface area contributed by atoms with Crippen molar-refractivity contribution in [1.82, 2.24) is 5.32 Å². The van der Waals surface area contributed by atoms with Crippen LogP contribution in [0.3, 0.4) is 0 Å². The van der Waals surface area contributed by atoms with Crippen LogP contribution in [-0.4, -0.2) is 14.5 Å². The molecule has 1 aliphatic carbocycles. The molecule has 0 amide bonds. The number of para-hydroxylation sites is 1. The van der Waals surface area contributed by atoms with Crippen molar-refractivity contribution >= 4 is 15.7 Å². The summed E-state index contributed by atoms with van der Waals surface area (Å²) in [7, 11) is -3.56. The van der Waals surface area contributed by atoms with Crippen LogP contribution >= 0.6 is 0 Å². The number of nitrogens with one attached hydrogen (secondary N) is 2. The molecule has 1 saturated carbocycles. The summed E-state index contributed by atoms with van der Waals surface area (Å²) >= 11 is 0. The minimum Gasteiger partial charge on any atom is -0.310 e. The van der Waals surface area contributed by atoms with Gasteiger partial charge in [0.15, 0.2) is 0 Å². The summed E-state index contributed by atoms with van der Waals surface area (Å²) in [6.45, 7) is 0.580. The number of hydrogen-bond acceptors (Lipinski definition) is 3. The van der Waals surface area contributed by atoms with E-state index in [1.807, 2.05) is 18.2 Å². The molecule has 0 heterocycles. The highest BCUT2D eigenvalue weighted by Crippen LogP contribution is 2.22. The maximum atomic E-state index is 12.5. The molecule has 21 heavy (non-hydrogen) atoms. The number of benzene rings is 2. The second kappa shape index (κ2) is 5.87. The molecule has 4 nitrogen and oxygen atoms in total. The van der Waals surface area contributed by atoms with E-state index >= 15 is 0 Å². The summed E-state index contributed by atoms with van der Waals surface area (Å²) in [5.74, 6) is 0. The Morgan fingerprint density at radius 1 is 0.952 bits per heavy atom. The Kier molecular flexibility index (Phi) is 3.94. The molecule has 110 valence electrons. The maximum absolute atomic E-state index is 12.5. The number of anilines is 1. The summed E-state index contributed by atoms with van der Waals surface area (Å²) in [6, 6.07) is 16.6. The average molecular weight is 302 g/mol. The zero-order valence-corrected chi connectivity index (χ0v) is 12.4. The standard InChI is InChI=1S/C16H18N2O2S/c19-21(20,18-15-7-2-1-3-8-15)16-9-5-4-6-13(16)12-17-14-10-11-14/h1-9,14,17-18H,10-12H2. The van der Waals surface area contributed by atoms with Gasteiger partial charge in [-0.3, -0.25) is 4.72 Å². The molecule has 0 unspecified atom stereocenters. The van der Waals surface area contributed by atoms with Crippen LogP contribution in [0.5, 0.6) is 0 Å². The third-order valence-electron chi connectivity index (χ3n) is 3.45. The van der Waals surface area contributed by atoms with Crippen molar-refractivity contribution in [2.24, 2.45) is 0 Å². The van der Waals surface area contributed by atoms with Crippen LogP contribution in [0.2, 0.25) is 0 Å². The SMILES string of the molecule is O=S(=O)(Nc1ccccc1)c1ccccc1CNC1CC1. The lowest BCUT2D eigenvalue weighted by molar-refractivity contribution is 0.597. The molecule has 2 N–H and O–H groups in total. The van der Waals surface area contributed by atoms with Crippen molar-refractivity contribution in [3.8, 4) is 0 Å². The highest BCUT2D eigenvalue weighted by molar-refractivity contribution is 7.92. The van der Waals surface area contributed by atoms with Crippen molar-refractivity contribution in [2.45, 2.75) is 30.3 Å². The molecule has 1 aliphatic rings. The zero-order valence-electron chi connectivity index (χ0n) is 11.6. The molecule has 3 rings (SSSR count). The Balaban J connectivity index is 1.83. The van der Waals surface area contributed by atoms with Crippen LogP contribution in [0.25, 0.3) is 0 Å². The fourth-order valence-electron chi connectivity index (χ4n) is 2.17. The van der Waals surface area contributed by atoms with Gasteiger partial charge in [0.2, 0.25) is 0 Å². The van der Waals surface area contributed by atoms with Crippen molar-refractivity contribution < 1.29 is 8.42 Å². The average Bonchev–Trinajstić information content (AvgIpc) is 3.30. The van der Waals surface area contributed by atoms with E-state index in [1.165, 1.54) is 12.8 Å². The van der Waals surface area contributed by atoms with Gasteiger partial charge in [-0.2, -0.15) is 0 Å². The first-order valence-electron chi connectivity index (χ1n) is 7.04. The van der Waals surface area contributed by atoms with Gasteiger partial charge in [-0.1, -0.05) is 36.4 Å². The van der Waals surface area contributed by atoms with Gasteiger partial charge in [-0.05, 0) is 36.6 Å². The minimum atomic E-state index is -3.56. The second-order valence-electron chi connectivity index (χ2n) is 5.23. The van der Waals surface area contributed by atoms with E-state index in [4.69, 9.17) is 0 Å². The topological polar surface area (TPSA) is 58.2 Å². The van der Waals surface area contributed by atoms with E-state index in [-0.39, 0.29) is 0 Å². The lowest BCUT2D eigenvalue weighted by Crippen LogP contribution is -2.20. The normalized spacial score (nSPS) is 14.9. The fraction of sp³-hybridized carbons (Fsp3) is 0.250. The van der Waals surface area contributed by atoms with Crippen molar-refractivity contribution in [2.75, 3.05) is 4.72 Å². The van der Waals surface area contributed by atoms with Crippen LogP contribution in [0.1, 0.15) is 18.4 Å². The first kappa shape index (κ1) is 14.1. The van der Waals surface area contributed by atoms with Gasteiger partial charge in [0, 0.05) is 18.3 Å². The quantitative estimate of drug-likeness (QED) is 0.862. The molecular formula is C16H18N2O2S. The largest absolute Gasteiger partial charge is 0.310 e. The number of rotatable bonds is 6. The molecule has 0 aromatic heterocycles. The van der Waals surface area contributed by atoms with Crippen molar-refractivity contribution in [1.29, 1.82) is 0 Å². The van der Waals surface area contributed by atoms with Gasteiger partial charge in [0.05, 0.1) is 4.90 Å². The first-order chi connectivity index (χ1) is 10.1. The molecule has 1 fully saturated rings. The molecule has 2 aromatic carbocycles. The van der Waals surface area contributed by atoms with Gasteiger partial charge < -0.3 is 5.32 Å². The van der Waals surface area contributed by atoms with Gasteiger partial charge in [-0.15, -0.1) is 0 Å². The Bertz CT molecular complexity index is 710. The summed E-state index contributed by atoms with van der Waals surface area (Å²) in [5, 5.41) is 3.36. The van der Waals surface area contributed by atoms with Crippen LogP contribution in [-0.2, 0) is 16.6 Å². The molecular weight excluding hydrogens is 284 g/mol. The summed E-state index contributed by atoms with van der Waals surface area (Å²) < 4.78 is 27.7. The molecule has 0 atom stereocenters. The first-order valence-corrected chi connectivity index (χ1v) is 8.53. The van der Waals surface area contributed by atoms with Gasteiger partial charge in [0.25, 0.3) is 10.0 Å². The van der Waals surface area contributed by atoms with E-state index in [9.17, 15) is 8.42 Å². The number of sulfonamides is 1. The molecule has 0 radical (unpaired) electrons. The highest BCUT2D eigenvalue weighted by Gasteiger charge is 2.22. The van der Waals surface area contributed by atoms with Crippen LogP contribution in [0, 0.1) is 0 Å². The van der Waals surface area contributed by atoms with Gasteiger partial charge >= 0.3 is 0 Å². The third-order valence-corrected chi connectivity index (χ3v) is 4.93. The van der Waals surface area contributed by atoms with Crippen LogP contribution in [0.15, 0.2) is 59.5 Å². The molecule has 2 aromatic rings. The Hall–Kier alpha value is -1.85. The maximum Gasteiger partial charge on any atom is 0.262 e. The Morgan fingerprint density at radius 2 is 1.62 bits per heavy atom. The lowest BCUT2D eigenvalue weighted by Gasteiger charge is -2.12. The Morgan fingerprint density at radius 3 is 2.33 bits per heavy atom. The second-order valence-corrected chi connectivity index (χ2v) is 6.89. The number of hydrogen-bond donors (Lipinski definition) is 2. The smallest absolute Gasteiger partial charge is 0.262 e. The lowest BCUT2D eigenvalue weighted by atomic mass is 10.2. The van der Waals surface area contributed by atoms with E-state index < -0.39 is 10.0 Å².